The standard InChI is InChI=1S/C17H21ClN2O3/c18-13-5-3-4-12(10-13)16(22)17(23)19-8-9-20(15(21)11-19)14-6-1-2-7-14/h3-5,10,14,16,22H,1-2,6-9,11H2/t16-/m1/s1. The lowest BCUT2D eigenvalue weighted by atomic mass is 10.1. The molecule has 0 unspecified atom stereocenters. The largest absolute Gasteiger partial charge is 0.378 e. The predicted octanol–water partition coefficient (Wildman–Crippen LogP) is 1.99. The van der Waals surface area contributed by atoms with Crippen molar-refractivity contribution in [2.75, 3.05) is 19.6 Å². The topological polar surface area (TPSA) is 60.9 Å². The van der Waals surface area contributed by atoms with Crippen LogP contribution in [0.1, 0.15) is 37.4 Å². The molecule has 6 heteroatoms. The molecule has 2 aliphatic rings. The first-order chi connectivity index (χ1) is 11.1. The highest BCUT2D eigenvalue weighted by Crippen LogP contribution is 2.26. The summed E-state index contributed by atoms with van der Waals surface area (Å²) in [5.41, 5.74) is 0.452. The first-order valence-corrected chi connectivity index (χ1v) is 8.46. The summed E-state index contributed by atoms with van der Waals surface area (Å²) in [4.78, 5) is 28.1. The lowest BCUT2D eigenvalue weighted by molar-refractivity contribution is -0.151. The zero-order valence-electron chi connectivity index (χ0n) is 12.9. The second-order valence-corrected chi connectivity index (χ2v) is 6.68. The van der Waals surface area contributed by atoms with Gasteiger partial charge in [-0.2, -0.15) is 0 Å². The molecule has 1 heterocycles. The number of aliphatic hydroxyl groups is 1. The maximum atomic E-state index is 12.4. The second-order valence-electron chi connectivity index (χ2n) is 6.24. The molecule has 1 saturated heterocycles. The van der Waals surface area contributed by atoms with Crippen LogP contribution in [0.3, 0.4) is 0 Å². The first kappa shape index (κ1) is 16.3. The van der Waals surface area contributed by atoms with E-state index in [0.29, 0.717) is 29.7 Å². The van der Waals surface area contributed by atoms with Gasteiger partial charge in [0.15, 0.2) is 6.10 Å². The molecule has 2 fully saturated rings. The van der Waals surface area contributed by atoms with E-state index < -0.39 is 12.0 Å². The molecule has 1 aromatic rings. The lowest BCUT2D eigenvalue weighted by Gasteiger charge is -2.38. The van der Waals surface area contributed by atoms with Crippen molar-refractivity contribution in [3.05, 3.63) is 34.9 Å². The van der Waals surface area contributed by atoms with E-state index in [9.17, 15) is 14.7 Å². The van der Waals surface area contributed by atoms with Gasteiger partial charge in [-0.25, -0.2) is 0 Å². The third-order valence-electron chi connectivity index (χ3n) is 4.73. The highest BCUT2D eigenvalue weighted by molar-refractivity contribution is 6.30. The monoisotopic (exact) mass is 336 g/mol. The number of rotatable bonds is 3. The number of nitrogens with zero attached hydrogens (tertiary/aromatic N) is 2. The fourth-order valence-corrected chi connectivity index (χ4v) is 3.67. The first-order valence-electron chi connectivity index (χ1n) is 8.08. The summed E-state index contributed by atoms with van der Waals surface area (Å²) in [6, 6.07) is 6.94. The third-order valence-corrected chi connectivity index (χ3v) is 4.97. The molecule has 1 aliphatic heterocycles. The highest BCUT2D eigenvalue weighted by atomic mass is 35.5. The Morgan fingerprint density at radius 1 is 1.26 bits per heavy atom. The molecule has 1 aromatic carbocycles. The number of carbonyl (C=O) groups excluding carboxylic acids is 2. The Morgan fingerprint density at radius 2 is 2.00 bits per heavy atom. The average molecular weight is 337 g/mol. The Morgan fingerprint density at radius 3 is 2.65 bits per heavy atom. The molecule has 23 heavy (non-hydrogen) atoms. The number of hydrogen-bond acceptors (Lipinski definition) is 3. The van der Waals surface area contributed by atoms with Crippen molar-refractivity contribution in [2.24, 2.45) is 0 Å². The molecule has 1 atom stereocenters. The molecule has 124 valence electrons. The molecular formula is C17H21ClN2O3. The number of hydrogen-bond donors (Lipinski definition) is 1. The van der Waals surface area contributed by atoms with Crippen LogP contribution < -0.4 is 0 Å². The SMILES string of the molecule is O=C([C@H](O)c1cccc(Cl)c1)N1CCN(C2CCCC2)C(=O)C1. The molecule has 2 amide bonds. The molecule has 1 N–H and O–H groups in total. The summed E-state index contributed by atoms with van der Waals surface area (Å²) >= 11 is 5.90. The Labute approximate surface area is 140 Å². The van der Waals surface area contributed by atoms with Crippen molar-refractivity contribution in [1.82, 2.24) is 9.80 Å². The molecule has 0 aromatic heterocycles. The van der Waals surface area contributed by atoms with Crippen LogP contribution in [0, 0.1) is 0 Å². The molecule has 3 rings (SSSR count). The Balaban J connectivity index is 1.64. The van der Waals surface area contributed by atoms with E-state index in [2.05, 4.69) is 0 Å². The van der Waals surface area contributed by atoms with Gasteiger partial charge in [0, 0.05) is 24.2 Å². The Hall–Kier alpha value is -1.59. The van der Waals surface area contributed by atoms with Crippen LogP contribution >= 0.6 is 11.6 Å². The van der Waals surface area contributed by atoms with Gasteiger partial charge in [-0.15, -0.1) is 0 Å². The molecule has 0 bridgehead atoms. The molecule has 1 saturated carbocycles. The maximum absolute atomic E-state index is 12.4. The Kier molecular flexibility index (Phi) is 4.87. The van der Waals surface area contributed by atoms with Gasteiger partial charge in [0.1, 0.15) is 0 Å². The minimum atomic E-state index is -1.28. The summed E-state index contributed by atoms with van der Waals surface area (Å²) in [6.07, 6.45) is 3.18. The summed E-state index contributed by atoms with van der Waals surface area (Å²) in [5, 5.41) is 10.7. The summed E-state index contributed by atoms with van der Waals surface area (Å²) in [5.74, 6) is -0.457. The van der Waals surface area contributed by atoms with Crippen molar-refractivity contribution in [3.8, 4) is 0 Å². The molecule has 5 nitrogen and oxygen atoms in total. The molecule has 1 aliphatic carbocycles. The van der Waals surface area contributed by atoms with Gasteiger partial charge < -0.3 is 14.9 Å². The van der Waals surface area contributed by atoms with E-state index in [4.69, 9.17) is 11.6 Å². The minimum Gasteiger partial charge on any atom is -0.378 e. The maximum Gasteiger partial charge on any atom is 0.256 e. The van der Waals surface area contributed by atoms with Crippen LogP contribution in [0.2, 0.25) is 5.02 Å². The van der Waals surface area contributed by atoms with Gasteiger partial charge in [0.05, 0.1) is 6.54 Å². The van der Waals surface area contributed by atoms with Gasteiger partial charge in [-0.1, -0.05) is 36.6 Å². The predicted molar refractivity (Wildman–Crippen MR) is 87.0 cm³/mol. The van der Waals surface area contributed by atoms with E-state index in [-0.39, 0.29) is 12.5 Å². The van der Waals surface area contributed by atoms with E-state index in [0.717, 1.165) is 12.8 Å². The van der Waals surface area contributed by atoms with Gasteiger partial charge in [-0.3, -0.25) is 9.59 Å². The Bertz CT molecular complexity index is 601. The van der Waals surface area contributed by atoms with Crippen LogP contribution in [-0.2, 0) is 9.59 Å². The lowest BCUT2D eigenvalue weighted by Crippen LogP contribution is -2.55. The molecular weight excluding hydrogens is 316 g/mol. The summed E-state index contributed by atoms with van der Waals surface area (Å²) < 4.78 is 0. The fraction of sp³-hybridized carbons (Fsp3) is 0.529. The van der Waals surface area contributed by atoms with E-state index in [1.807, 2.05) is 4.90 Å². The van der Waals surface area contributed by atoms with Crippen LogP contribution in [-0.4, -0.2) is 52.4 Å². The second kappa shape index (κ2) is 6.89. The normalized spacial score (nSPS) is 20.9. The third kappa shape index (κ3) is 3.51. The average Bonchev–Trinajstić information content (AvgIpc) is 3.07. The molecule has 0 spiro atoms. The number of amides is 2. The van der Waals surface area contributed by atoms with Crippen LogP contribution in [0.4, 0.5) is 0 Å². The van der Waals surface area contributed by atoms with Crippen molar-refractivity contribution in [2.45, 2.75) is 37.8 Å². The summed E-state index contributed by atoms with van der Waals surface area (Å²) in [7, 11) is 0. The van der Waals surface area contributed by atoms with Gasteiger partial charge >= 0.3 is 0 Å². The number of benzene rings is 1. The smallest absolute Gasteiger partial charge is 0.256 e. The minimum absolute atomic E-state index is 0.0187. The number of piperazine rings is 1. The van der Waals surface area contributed by atoms with Gasteiger partial charge in [0.25, 0.3) is 5.91 Å². The van der Waals surface area contributed by atoms with Crippen LogP contribution in [0.5, 0.6) is 0 Å². The van der Waals surface area contributed by atoms with Crippen molar-refractivity contribution >= 4 is 23.4 Å². The summed E-state index contributed by atoms with van der Waals surface area (Å²) in [6.45, 7) is 1.07. The highest BCUT2D eigenvalue weighted by Gasteiger charge is 2.34. The fourth-order valence-electron chi connectivity index (χ4n) is 3.47. The van der Waals surface area contributed by atoms with Crippen LogP contribution in [0.15, 0.2) is 24.3 Å². The van der Waals surface area contributed by atoms with Gasteiger partial charge in [0.2, 0.25) is 5.91 Å². The van der Waals surface area contributed by atoms with E-state index >= 15 is 0 Å². The number of carbonyl (C=O) groups is 2. The molecule has 0 radical (unpaired) electrons. The zero-order valence-corrected chi connectivity index (χ0v) is 13.7. The van der Waals surface area contributed by atoms with Gasteiger partial charge in [-0.05, 0) is 30.5 Å². The number of aliphatic hydroxyl groups excluding tert-OH is 1. The van der Waals surface area contributed by atoms with Crippen molar-refractivity contribution in [1.29, 1.82) is 0 Å². The van der Waals surface area contributed by atoms with E-state index in [1.54, 1.807) is 24.3 Å². The zero-order chi connectivity index (χ0) is 16.4. The number of halogens is 1. The van der Waals surface area contributed by atoms with Crippen molar-refractivity contribution in [3.63, 3.8) is 0 Å². The quantitative estimate of drug-likeness (QED) is 0.918. The van der Waals surface area contributed by atoms with Crippen molar-refractivity contribution < 1.29 is 14.7 Å². The van der Waals surface area contributed by atoms with E-state index in [1.165, 1.54) is 17.7 Å². The van der Waals surface area contributed by atoms with Crippen LogP contribution in [0.25, 0.3) is 0 Å².